The van der Waals surface area contributed by atoms with Crippen molar-refractivity contribution in [1.82, 2.24) is 0 Å². The van der Waals surface area contributed by atoms with Gasteiger partial charge in [-0.3, -0.25) is 0 Å². The Morgan fingerprint density at radius 3 is 2.71 bits per heavy atom. The van der Waals surface area contributed by atoms with Crippen LogP contribution in [-0.4, -0.2) is 7.05 Å². The van der Waals surface area contributed by atoms with E-state index < -0.39 is 0 Å². The summed E-state index contributed by atoms with van der Waals surface area (Å²) in [5.74, 6) is 0. The number of rotatable bonds is 1. The molecule has 2 nitrogen and oxygen atoms in total. The van der Waals surface area contributed by atoms with Gasteiger partial charge in [0.25, 0.3) is 0 Å². The summed E-state index contributed by atoms with van der Waals surface area (Å²) in [6, 6.07) is 17.4. The van der Waals surface area contributed by atoms with Gasteiger partial charge >= 0.3 is 0 Å². The molecule has 24 heavy (non-hydrogen) atoms. The van der Waals surface area contributed by atoms with Gasteiger partial charge in [0.15, 0.2) is 6.20 Å². The van der Waals surface area contributed by atoms with Gasteiger partial charge in [-0.1, -0.05) is 30.0 Å². The van der Waals surface area contributed by atoms with Gasteiger partial charge in [0, 0.05) is 24.1 Å². The summed E-state index contributed by atoms with van der Waals surface area (Å²) >= 11 is 1.84. The molecule has 0 atom stereocenters. The van der Waals surface area contributed by atoms with E-state index in [-0.39, 0.29) is 24.0 Å². The minimum atomic E-state index is 0. The quantitative estimate of drug-likeness (QED) is 0.414. The highest BCUT2D eigenvalue weighted by molar-refractivity contribution is 8.03. The van der Waals surface area contributed by atoms with Crippen molar-refractivity contribution >= 4 is 34.4 Å². The van der Waals surface area contributed by atoms with Crippen LogP contribution in [0, 0.1) is 6.92 Å². The summed E-state index contributed by atoms with van der Waals surface area (Å²) in [4.78, 5) is 3.62. The Hall–Kier alpha value is -1.53. The number of thioether (sulfide) groups is 1. The zero-order valence-electron chi connectivity index (χ0n) is 14.0. The molecule has 1 aliphatic heterocycles. The zero-order valence-corrected chi connectivity index (χ0v) is 16.9. The van der Waals surface area contributed by atoms with E-state index in [1.165, 1.54) is 37.6 Å². The first-order chi connectivity index (χ1) is 11.1. The van der Waals surface area contributed by atoms with Crippen molar-refractivity contribution in [2.24, 2.45) is 7.05 Å². The van der Waals surface area contributed by atoms with Crippen LogP contribution in [0.25, 0.3) is 17.0 Å². The van der Waals surface area contributed by atoms with Crippen LogP contribution in [0.15, 0.2) is 64.7 Å². The molecule has 0 unspecified atom stereocenters. The van der Waals surface area contributed by atoms with Gasteiger partial charge in [0.05, 0.1) is 16.1 Å². The molecule has 0 bridgehead atoms. The second kappa shape index (κ2) is 6.76. The Morgan fingerprint density at radius 2 is 1.88 bits per heavy atom. The lowest BCUT2D eigenvalue weighted by molar-refractivity contribution is -0.644. The van der Waals surface area contributed by atoms with E-state index in [0.29, 0.717) is 0 Å². The lowest BCUT2D eigenvalue weighted by Gasteiger charge is -2.14. The fourth-order valence-corrected chi connectivity index (χ4v) is 4.13. The standard InChI is InChI=1S/C20H19N2S.HI/c1-14-8-9-19-18(12-14)22(3)20(23-19)13-15-10-11-21(2)17-7-5-4-6-16(15)17;/h4-13H,1-3H3;1H/q+1;/p-1. The molecule has 2 aromatic carbocycles. The maximum atomic E-state index is 2.29. The van der Waals surface area contributed by atoms with Crippen molar-refractivity contribution in [2.45, 2.75) is 11.8 Å². The molecule has 0 amide bonds. The molecule has 1 aliphatic rings. The van der Waals surface area contributed by atoms with Crippen LogP contribution in [-0.2, 0) is 7.05 Å². The number of anilines is 1. The molecule has 0 saturated heterocycles. The molecule has 0 radical (unpaired) electrons. The van der Waals surface area contributed by atoms with Crippen LogP contribution in [0.5, 0.6) is 0 Å². The summed E-state index contributed by atoms with van der Waals surface area (Å²) in [5, 5.41) is 2.55. The predicted octanol–water partition coefficient (Wildman–Crippen LogP) is 1.52. The second-order valence-electron chi connectivity index (χ2n) is 6.01. The summed E-state index contributed by atoms with van der Waals surface area (Å²) in [7, 11) is 4.24. The van der Waals surface area contributed by atoms with Crippen molar-refractivity contribution in [2.75, 3.05) is 11.9 Å². The highest BCUT2D eigenvalue weighted by atomic mass is 127. The molecular formula is C20H19IN2S. The molecule has 0 N–H and O–H groups in total. The number of para-hydroxylation sites is 1. The summed E-state index contributed by atoms with van der Waals surface area (Å²) in [6.07, 6.45) is 4.42. The number of aryl methyl sites for hydroxylation is 2. The summed E-state index contributed by atoms with van der Waals surface area (Å²) in [6.45, 7) is 2.14. The van der Waals surface area contributed by atoms with Crippen LogP contribution in [0.4, 0.5) is 5.69 Å². The van der Waals surface area contributed by atoms with Crippen molar-refractivity contribution in [3.63, 3.8) is 0 Å². The molecule has 3 aromatic rings. The molecule has 4 heteroatoms. The SMILES string of the molecule is Cc1ccc2c(c1)N(C)/C(=C\c1cc[n+](C)c3ccccc13)S2.[I-]. The minimum Gasteiger partial charge on any atom is -1.00 e. The predicted molar refractivity (Wildman–Crippen MR) is 98.5 cm³/mol. The van der Waals surface area contributed by atoms with E-state index in [0.717, 1.165) is 0 Å². The number of halogens is 1. The van der Waals surface area contributed by atoms with E-state index >= 15 is 0 Å². The highest BCUT2D eigenvalue weighted by Gasteiger charge is 2.22. The Morgan fingerprint density at radius 1 is 1.08 bits per heavy atom. The first-order valence-electron chi connectivity index (χ1n) is 7.75. The number of benzene rings is 2. The maximum Gasteiger partial charge on any atom is 0.212 e. The second-order valence-corrected chi connectivity index (χ2v) is 7.08. The largest absolute Gasteiger partial charge is 1.00 e. The van der Waals surface area contributed by atoms with Gasteiger partial charge in [-0.15, -0.1) is 0 Å². The molecule has 4 rings (SSSR count). The van der Waals surface area contributed by atoms with E-state index in [1.807, 2.05) is 11.8 Å². The van der Waals surface area contributed by atoms with Gasteiger partial charge in [0.1, 0.15) is 7.05 Å². The number of hydrogen-bond acceptors (Lipinski definition) is 2. The number of fused-ring (bicyclic) bond motifs is 2. The molecule has 2 heterocycles. The molecule has 0 aliphatic carbocycles. The van der Waals surface area contributed by atoms with Crippen LogP contribution in [0.2, 0.25) is 0 Å². The van der Waals surface area contributed by atoms with Gasteiger partial charge in [-0.05, 0) is 42.3 Å². The van der Waals surface area contributed by atoms with Crippen molar-refractivity contribution in [3.8, 4) is 0 Å². The van der Waals surface area contributed by atoms with Crippen LogP contribution < -0.4 is 33.4 Å². The third-order valence-electron chi connectivity index (χ3n) is 4.37. The number of pyridine rings is 1. The van der Waals surface area contributed by atoms with Gasteiger partial charge in [0.2, 0.25) is 5.52 Å². The third kappa shape index (κ3) is 2.93. The lowest BCUT2D eigenvalue weighted by Crippen LogP contribution is -3.00. The topological polar surface area (TPSA) is 7.12 Å². The van der Waals surface area contributed by atoms with Crippen molar-refractivity contribution < 1.29 is 28.5 Å². The number of nitrogens with zero attached hydrogens (tertiary/aromatic N) is 2. The molecule has 0 spiro atoms. The molecule has 1 aromatic heterocycles. The van der Waals surface area contributed by atoms with Crippen LogP contribution >= 0.6 is 11.8 Å². The molecular weight excluding hydrogens is 427 g/mol. The summed E-state index contributed by atoms with van der Waals surface area (Å²) in [5.41, 5.74) is 5.11. The maximum absolute atomic E-state index is 2.29. The lowest BCUT2D eigenvalue weighted by atomic mass is 10.1. The molecule has 122 valence electrons. The fraction of sp³-hybridized carbons (Fsp3) is 0.150. The van der Waals surface area contributed by atoms with Crippen molar-refractivity contribution in [1.29, 1.82) is 0 Å². The fourth-order valence-electron chi connectivity index (χ4n) is 3.05. The Balaban J connectivity index is 0.00000169. The van der Waals surface area contributed by atoms with Crippen LogP contribution in [0.1, 0.15) is 11.1 Å². The average Bonchev–Trinajstić information content (AvgIpc) is 2.86. The van der Waals surface area contributed by atoms with Gasteiger partial charge in [-0.25, -0.2) is 4.57 Å². The van der Waals surface area contributed by atoms with E-state index in [1.54, 1.807) is 0 Å². The van der Waals surface area contributed by atoms with Gasteiger partial charge < -0.3 is 28.9 Å². The highest BCUT2D eigenvalue weighted by Crippen LogP contribution is 2.46. The first-order valence-corrected chi connectivity index (χ1v) is 8.56. The third-order valence-corrected chi connectivity index (χ3v) is 5.54. The van der Waals surface area contributed by atoms with E-state index in [4.69, 9.17) is 0 Å². The molecule has 0 saturated carbocycles. The summed E-state index contributed by atoms with van der Waals surface area (Å²) < 4.78 is 2.17. The monoisotopic (exact) mass is 446 g/mol. The minimum absolute atomic E-state index is 0. The zero-order chi connectivity index (χ0) is 16.0. The normalized spacial score (nSPS) is 14.8. The average molecular weight is 446 g/mol. The smallest absolute Gasteiger partial charge is 0.212 e. The van der Waals surface area contributed by atoms with E-state index in [9.17, 15) is 0 Å². The Labute approximate surface area is 164 Å². The van der Waals surface area contributed by atoms with E-state index in [2.05, 4.69) is 91.3 Å². The number of aromatic nitrogens is 1. The van der Waals surface area contributed by atoms with Gasteiger partial charge in [-0.2, -0.15) is 0 Å². The Kier molecular flexibility index (Phi) is 4.88. The first kappa shape index (κ1) is 17.3. The van der Waals surface area contributed by atoms with Crippen molar-refractivity contribution in [3.05, 3.63) is 70.9 Å². The Bertz CT molecular complexity index is 950. The van der Waals surface area contributed by atoms with Crippen LogP contribution in [0.3, 0.4) is 0 Å². The molecule has 0 fully saturated rings. The number of hydrogen-bond donors (Lipinski definition) is 0.